The molecule has 0 fully saturated rings. The maximum absolute atomic E-state index is 5.92. The van der Waals surface area contributed by atoms with Crippen LogP contribution >= 0.6 is 23.8 Å². The second kappa shape index (κ2) is 5.03. The van der Waals surface area contributed by atoms with Gasteiger partial charge in [0.2, 0.25) is 0 Å². The van der Waals surface area contributed by atoms with E-state index in [1.54, 1.807) is 0 Å². The number of halogens is 1. The molecule has 4 heteroatoms. The van der Waals surface area contributed by atoms with Crippen LogP contribution in [-0.2, 0) is 0 Å². The van der Waals surface area contributed by atoms with E-state index in [1.165, 1.54) is 0 Å². The summed E-state index contributed by atoms with van der Waals surface area (Å²) in [6.45, 7) is 0. The van der Waals surface area contributed by atoms with Gasteiger partial charge in [-0.25, -0.2) is 0 Å². The van der Waals surface area contributed by atoms with E-state index in [0.29, 0.717) is 4.77 Å². The molecule has 0 unspecified atom stereocenters. The van der Waals surface area contributed by atoms with Gasteiger partial charge in [-0.1, -0.05) is 54.1 Å². The molecule has 0 saturated heterocycles. The van der Waals surface area contributed by atoms with E-state index in [2.05, 4.69) is 9.97 Å². The molecule has 1 heterocycles. The van der Waals surface area contributed by atoms with Crippen molar-refractivity contribution in [3.05, 3.63) is 64.4 Å². The Balaban J connectivity index is 2.17. The molecule has 0 bridgehead atoms. The number of nitrogens with one attached hydrogen (secondary N) is 2. The van der Waals surface area contributed by atoms with Crippen LogP contribution in [0.2, 0.25) is 5.02 Å². The van der Waals surface area contributed by atoms with Crippen molar-refractivity contribution in [3.8, 4) is 22.5 Å². The summed E-state index contributed by atoms with van der Waals surface area (Å²) in [7, 11) is 0. The number of hydrogen-bond donors (Lipinski definition) is 2. The Bertz CT molecular complexity index is 742. The quantitative estimate of drug-likeness (QED) is 0.634. The molecule has 3 aromatic rings. The van der Waals surface area contributed by atoms with Crippen LogP contribution in [-0.4, -0.2) is 9.97 Å². The van der Waals surface area contributed by atoms with Crippen LogP contribution < -0.4 is 0 Å². The molecule has 0 amide bonds. The standard InChI is InChI=1S/C15H11ClN2S/c16-12-8-6-11(7-9-12)14-13(17-15(19)18-14)10-4-2-1-3-5-10/h1-9H,(H2,17,18,19). The first kappa shape index (κ1) is 12.2. The first-order valence-corrected chi connectivity index (χ1v) is 6.66. The SMILES string of the molecule is S=c1[nH]c(-c2ccccc2)c(-c2ccc(Cl)cc2)[nH]1. The van der Waals surface area contributed by atoms with Crippen LogP contribution in [0.3, 0.4) is 0 Å². The van der Waals surface area contributed by atoms with Crippen LogP contribution in [0.15, 0.2) is 54.6 Å². The Morgan fingerprint density at radius 3 is 1.84 bits per heavy atom. The Kier molecular flexibility index (Phi) is 3.23. The van der Waals surface area contributed by atoms with Crippen molar-refractivity contribution in [3.63, 3.8) is 0 Å². The van der Waals surface area contributed by atoms with Crippen LogP contribution in [0.5, 0.6) is 0 Å². The lowest BCUT2D eigenvalue weighted by atomic mass is 10.1. The van der Waals surface area contributed by atoms with Crippen molar-refractivity contribution in [1.29, 1.82) is 0 Å². The lowest BCUT2D eigenvalue weighted by Gasteiger charge is -2.04. The van der Waals surface area contributed by atoms with Gasteiger partial charge >= 0.3 is 0 Å². The smallest absolute Gasteiger partial charge is 0.175 e. The van der Waals surface area contributed by atoms with Gasteiger partial charge in [0.1, 0.15) is 0 Å². The van der Waals surface area contributed by atoms with E-state index >= 15 is 0 Å². The highest BCUT2D eigenvalue weighted by molar-refractivity contribution is 7.71. The van der Waals surface area contributed by atoms with Gasteiger partial charge in [0.15, 0.2) is 4.77 Å². The van der Waals surface area contributed by atoms with Crippen molar-refractivity contribution in [2.45, 2.75) is 0 Å². The van der Waals surface area contributed by atoms with E-state index in [1.807, 2.05) is 54.6 Å². The molecule has 0 atom stereocenters. The number of hydrogen-bond acceptors (Lipinski definition) is 1. The van der Waals surface area contributed by atoms with Crippen LogP contribution in [0.1, 0.15) is 0 Å². The van der Waals surface area contributed by atoms with Gasteiger partial charge in [-0.15, -0.1) is 0 Å². The van der Waals surface area contributed by atoms with E-state index in [4.69, 9.17) is 23.8 Å². The highest BCUT2D eigenvalue weighted by Crippen LogP contribution is 2.29. The fourth-order valence-electron chi connectivity index (χ4n) is 2.04. The molecule has 0 spiro atoms. The summed E-state index contributed by atoms with van der Waals surface area (Å²) in [6, 6.07) is 17.8. The zero-order valence-corrected chi connectivity index (χ0v) is 11.6. The third-order valence-corrected chi connectivity index (χ3v) is 3.38. The van der Waals surface area contributed by atoms with Crippen LogP contribution in [0, 0.1) is 4.77 Å². The monoisotopic (exact) mass is 286 g/mol. The molecule has 0 aliphatic carbocycles. The summed E-state index contributed by atoms with van der Waals surface area (Å²) in [5.41, 5.74) is 4.12. The van der Waals surface area contributed by atoms with Crippen molar-refractivity contribution in [1.82, 2.24) is 9.97 Å². The maximum atomic E-state index is 5.92. The lowest BCUT2D eigenvalue weighted by Crippen LogP contribution is -1.83. The lowest BCUT2D eigenvalue weighted by molar-refractivity contribution is 1.27. The molecule has 0 saturated carbocycles. The average molecular weight is 287 g/mol. The number of imidazole rings is 1. The first-order chi connectivity index (χ1) is 9.24. The van der Waals surface area contributed by atoms with Gasteiger partial charge in [-0.05, 0) is 24.4 Å². The molecule has 2 nitrogen and oxygen atoms in total. The Labute approximate surface area is 121 Å². The molecular weight excluding hydrogens is 276 g/mol. The topological polar surface area (TPSA) is 31.6 Å². The Hall–Kier alpha value is -1.84. The molecule has 3 rings (SSSR count). The maximum Gasteiger partial charge on any atom is 0.175 e. The number of aromatic nitrogens is 2. The molecule has 94 valence electrons. The highest BCUT2D eigenvalue weighted by Gasteiger charge is 2.09. The predicted molar refractivity (Wildman–Crippen MR) is 81.9 cm³/mol. The van der Waals surface area contributed by atoms with Gasteiger partial charge in [0.25, 0.3) is 0 Å². The van der Waals surface area contributed by atoms with Gasteiger partial charge in [0.05, 0.1) is 11.4 Å². The van der Waals surface area contributed by atoms with E-state index in [-0.39, 0.29) is 0 Å². The largest absolute Gasteiger partial charge is 0.330 e. The minimum absolute atomic E-state index is 0.615. The highest BCUT2D eigenvalue weighted by atomic mass is 35.5. The molecule has 2 N–H and O–H groups in total. The van der Waals surface area contributed by atoms with Crippen molar-refractivity contribution in [2.24, 2.45) is 0 Å². The fourth-order valence-corrected chi connectivity index (χ4v) is 2.37. The van der Waals surface area contributed by atoms with Crippen LogP contribution in [0.4, 0.5) is 0 Å². The Morgan fingerprint density at radius 1 is 0.737 bits per heavy atom. The predicted octanol–water partition coefficient (Wildman–Crippen LogP) is 5.06. The summed E-state index contributed by atoms with van der Waals surface area (Å²) in [6.07, 6.45) is 0. The van der Waals surface area contributed by atoms with E-state index < -0.39 is 0 Å². The van der Waals surface area contributed by atoms with Gasteiger partial charge < -0.3 is 9.97 Å². The second-order valence-corrected chi connectivity index (χ2v) is 5.05. The second-order valence-electron chi connectivity index (χ2n) is 4.20. The summed E-state index contributed by atoms with van der Waals surface area (Å²) in [5, 5.41) is 0.721. The molecule has 0 aliphatic rings. The number of rotatable bonds is 2. The number of aromatic amines is 2. The van der Waals surface area contributed by atoms with Crippen molar-refractivity contribution >= 4 is 23.8 Å². The number of benzene rings is 2. The van der Waals surface area contributed by atoms with E-state index in [9.17, 15) is 0 Å². The van der Waals surface area contributed by atoms with Gasteiger partial charge in [0, 0.05) is 16.1 Å². The molecule has 19 heavy (non-hydrogen) atoms. The molecular formula is C15H11ClN2S. The van der Waals surface area contributed by atoms with Gasteiger partial charge in [-0.3, -0.25) is 0 Å². The minimum atomic E-state index is 0.615. The fraction of sp³-hybridized carbons (Fsp3) is 0. The molecule has 0 radical (unpaired) electrons. The zero-order valence-electron chi connectivity index (χ0n) is 9.98. The summed E-state index contributed by atoms with van der Waals surface area (Å²) >= 11 is 11.1. The third-order valence-electron chi connectivity index (χ3n) is 2.92. The van der Waals surface area contributed by atoms with Crippen LogP contribution in [0.25, 0.3) is 22.5 Å². The zero-order chi connectivity index (χ0) is 13.2. The Morgan fingerprint density at radius 2 is 1.26 bits per heavy atom. The number of H-pyrrole nitrogens is 2. The van der Waals surface area contributed by atoms with Crippen molar-refractivity contribution in [2.75, 3.05) is 0 Å². The minimum Gasteiger partial charge on any atom is -0.330 e. The molecule has 1 aromatic heterocycles. The van der Waals surface area contributed by atoms with E-state index in [0.717, 1.165) is 27.5 Å². The first-order valence-electron chi connectivity index (χ1n) is 5.88. The summed E-state index contributed by atoms with van der Waals surface area (Å²) in [4.78, 5) is 6.40. The average Bonchev–Trinajstić information content (AvgIpc) is 2.83. The molecule has 0 aliphatic heterocycles. The van der Waals surface area contributed by atoms with Gasteiger partial charge in [-0.2, -0.15) is 0 Å². The van der Waals surface area contributed by atoms with Crippen molar-refractivity contribution < 1.29 is 0 Å². The molecule has 2 aromatic carbocycles. The summed E-state index contributed by atoms with van der Waals surface area (Å²) in [5.74, 6) is 0. The summed E-state index contributed by atoms with van der Waals surface area (Å²) < 4.78 is 0.615. The normalized spacial score (nSPS) is 10.6. The third kappa shape index (κ3) is 2.48.